The number of carbonyl (C=O) groups excluding carboxylic acids is 2. The van der Waals surface area contributed by atoms with Gasteiger partial charge in [-0.05, 0) is 12.8 Å². The largest absolute Gasteiger partial charge is 0.481 e. The van der Waals surface area contributed by atoms with Gasteiger partial charge in [0.2, 0.25) is 11.8 Å². The molecule has 0 rings (SSSR count). The minimum absolute atomic E-state index is 0.0133. The third-order valence-corrected chi connectivity index (χ3v) is 3.17. The van der Waals surface area contributed by atoms with Crippen LogP contribution in [0.5, 0.6) is 0 Å². The molecule has 1 unspecified atom stereocenters. The average molecular weight is 259 g/mol. The fraction of sp³-hybridized carbons (Fsp3) is 0.727. The topological polar surface area (TPSA) is 136 Å². The first-order chi connectivity index (χ1) is 8.29. The van der Waals surface area contributed by atoms with Crippen molar-refractivity contribution in [1.82, 2.24) is 5.32 Å². The van der Waals surface area contributed by atoms with Crippen LogP contribution in [0.15, 0.2) is 0 Å². The van der Waals surface area contributed by atoms with Gasteiger partial charge in [0.1, 0.15) is 0 Å². The van der Waals surface area contributed by atoms with Crippen LogP contribution in [0, 0.1) is 5.41 Å². The first-order valence-corrected chi connectivity index (χ1v) is 5.84. The van der Waals surface area contributed by atoms with Crippen molar-refractivity contribution < 1.29 is 19.5 Å². The molecule has 0 spiro atoms. The van der Waals surface area contributed by atoms with Crippen molar-refractivity contribution in [3.8, 4) is 0 Å². The van der Waals surface area contributed by atoms with E-state index < -0.39 is 29.2 Å². The molecule has 2 amide bonds. The second-order valence-electron chi connectivity index (χ2n) is 4.29. The van der Waals surface area contributed by atoms with Crippen LogP contribution in [0.1, 0.15) is 33.1 Å². The van der Waals surface area contributed by atoms with Gasteiger partial charge in [0.15, 0.2) is 0 Å². The van der Waals surface area contributed by atoms with Gasteiger partial charge in [0.05, 0.1) is 17.9 Å². The first-order valence-electron chi connectivity index (χ1n) is 5.84. The maximum atomic E-state index is 11.5. The Bertz CT molecular complexity index is 326. The number of primary amides is 1. The van der Waals surface area contributed by atoms with E-state index in [1.54, 1.807) is 13.8 Å². The average Bonchev–Trinajstić information content (AvgIpc) is 2.29. The Kier molecular flexibility index (Phi) is 6.32. The van der Waals surface area contributed by atoms with E-state index in [4.69, 9.17) is 16.6 Å². The summed E-state index contributed by atoms with van der Waals surface area (Å²) in [5.74, 6) is -2.20. The molecule has 0 aliphatic carbocycles. The normalized spacial score (nSPS) is 12.8. The smallest absolute Gasteiger partial charge is 0.311 e. The van der Waals surface area contributed by atoms with Crippen LogP contribution in [-0.4, -0.2) is 35.5 Å². The molecule has 0 radical (unpaired) electrons. The number of carboxylic acids is 1. The Hall–Kier alpha value is -1.63. The van der Waals surface area contributed by atoms with E-state index in [1.807, 2.05) is 0 Å². The van der Waals surface area contributed by atoms with Gasteiger partial charge in [-0.3, -0.25) is 14.4 Å². The molecule has 0 aliphatic rings. The lowest BCUT2D eigenvalue weighted by Gasteiger charge is -2.27. The number of hydrogen-bond donors (Lipinski definition) is 4. The summed E-state index contributed by atoms with van der Waals surface area (Å²) in [7, 11) is 0. The second kappa shape index (κ2) is 6.95. The third kappa shape index (κ3) is 4.33. The predicted octanol–water partition coefficient (Wildman–Crippen LogP) is -0.804. The molecule has 1 atom stereocenters. The second-order valence-corrected chi connectivity index (χ2v) is 4.29. The predicted molar refractivity (Wildman–Crippen MR) is 65.4 cm³/mol. The number of hydrogen-bond acceptors (Lipinski definition) is 4. The van der Waals surface area contributed by atoms with Crippen LogP contribution in [0.3, 0.4) is 0 Å². The Morgan fingerprint density at radius 1 is 1.28 bits per heavy atom. The molecule has 0 aromatic heterocycles. The molecule has 0 saturated carbocycles. The molecule has 0 aliphatic heterocycles. The zero-order chi connectivity index (χ0) is 14.3. The maximum absolute atomic E-state index is 11.5. The molecular weight excluding hydrogens is 238 g/mol. The molecule has 0 fully saturated rings. The van der Waals surface area contributed by atoms with Crippen LogP contribution in [-0.2, 0) is 14.4 Å². The van der Waals surface area contributed by atoms with Crippen LogP contribution in [0.2, 0.25) is 0 Å². The molecule has 104 valence electrons. The lowest BCUT2D eigenvalue weighted by Crippen LogP contribution is -2.48. The first kappa shape index (κ1) is 16.4. The SMILES string of the molecule is CCC(CC)(CNC(=O)C(N)CC(N)=O)C(=O)O. The number of carbonyl (C=O) groups is 3. The Balaban J connectivity index is 4.49. The van der Waals surface area contributed by atoms with Crippen molar-refractivity contribution in [2.24, 2.45) is 16.9 Å². The van der Waals surface area contributed by atoms with E-state index in [9.17, 15) is 14.4 Å². The number of amides is 2. The van der Waals surface area contributed by atoms with Crippen LogP contribution < -0.4 is 16.8 Å². The lowest BCUT2D eigenvalue weighted by molar-refractivity contribution is -0.149. The number of aliphatic carboxylic acids is 1. The van der Waals surface area contributed by atoms with Gasteiger partial charge in [-0.15, -0.1) is 0 Å². The summed E-state index contributed by atoms with van der Waals surface area (Å²) in [6.07, 6.45) is 0.526. The van der Waals surface area contributed by atoms with Gasteiger partial charge in [-0.25, -0.2) is 0 Å². The Morgan fingerprint density at radius 3 is 2.11 bits per heavy atom. The summed E-state index contributed by atoms with van der Waals surface area (Å²) in [6.45, 7) is 3.47. The molecule has 18 heavy (non-hydrogen) atoms. The quantitative estimate of drug-likeness (QED) is 0.452. The summed E-state index contributed by atoms with van der Waals surface area (Å²) in [4.78, 5) is 33.3. The maximum Gasteiger partial charge on any atom is 0.311 e. The van der Waals surface area contributed by atoms with E-state index in [2.05, 4.69) is 5.32 Å². The molecule has 0 aromatic rings. The van der Waals surface area contributed by atoms with Gasteiger partial charge < -0.3 is 21.9 Å². The molecular formula is C11H21N3O4. The third-order valence-electron chi connectivity index (χ3n) is 3.17. The summed E-state index contributed by atoms with van der Waals surface area (Å²) in [5, 5.41) is 11.6. The van der Waals surface area contributed by atoms with Gasteiger partial charge in [0, 0.05) is 6.54 Å². The van der Waals surface area contributed by atoms with E-state index in [1.165, 1.54) is 0 Å². The summed E-state index contributed by atoms with van der Waals surface area (Å²) >= 11 is 0. The summed E-state index contributed by atoms with van der Waals surface area (Å²) in [5.41, 5.74) is 9.37. The zero-order valence-corrected chi connectivity index (χ0v) is 10.7. The van der Waals surface area contributed by atoms with E-state index in [0.29, 0.717) is 12.8 Å². The fourth-order valence-corrected chi connectivity index (χ4v) is 1.57. The molecule has 6 N–H and O–H groups in total. The number of rotatable bonds is 8. The van der Waals surface area contributed by atoms with Gasteiger partial charge in [0.25, 0.3) is 0 Å². The minimum atomic E-state index is -1.04. The van der Waals surface area contributed by atoms with Gasteiger partial charge in [-0.1, -0.05) is 13.8 Å². The molecule has 0 saturated heterocycles. The van der Waals surface area contributed by atoms with Crippen LogP contribution in [0.4, 0.5) is 0 Å². The van der Waals surface area contributed by atoms with E-state index in [-0.39, 0.29) is 13.0 Å². The monoisotopic (exact) mass is 259 g/mol. The standard InChI is InChI=1S/C11H21N3O4/c1-3-11(4-2,10(17)18)6-14-9(16)7(12)5-8(13)15/h7H,3-6,12H2,1-2H3,(H2,13,15)(H,14,16)(H,17,18). The lowest BCUT2D eigenvalue weighted by atomic mass is 9.82. The minimum Gasteiger partial charge on any atom is -0.481 e. The van der Waals surface area contributed by atoms with Crippen molar-refractivity contribution in [3.63, 3.8) is 0 Å². The van der Waals surface area contributed by atoms with Gasteiger partial charge >= 0.3 is 5.97 Å². The molecule has 0 bridgehead atoms. The molecule has 7 heteroatoms. The van der Waals surface area contributed by atoms with Crippen molar-refractivity contribution in [2.45, 2.75) is 39.2 Å². The molecule has 7 nitrogen and oxygen atoms in total. The molecule has 0 aromatic carbocycles. The zero-order valence-electron chi connectivity index (χ0n) is 10.7. The molecule has 0 heterocycles. The fourth-order valence-electron chi connectivity index (χ4n) is 1.57. The summed E-state index contributed by atoms with van der Waals surface area (Å²) in [6, 6.07) is -1.04. The Morgan fingerprint density at radius 2 is 1.78 bits per heavy atom. The highest BCUT2D eigenvalue weighted by atomic mass is 16.4. The highest BCUT2D eigenvalue weighted by Gasteiger charge is 2.35. The highest BCUT2D eigenvalue weighted by molar-refractivity contribution is 5.88. The van der Waals surface area contributed by atoms with Crippen LogP contribution in [0.25, 0.3) is 0 Å². The van der Waals surface area contributed by atoms with Crippen molar-refractivity contribution in [1.29, 1.82) is 0 Å². The van der Waals surface area contributed by atoms with Crippen molar-refractivity contribution >= 4 is 17.8 Å². The number of nitrogens with one attached hydrogen (secondary N) is 1. The van der Waals surface area contributed by atoms with E-state index in [0.717, 1.165) is 0 Å². The van der Waals surface area contributed by atoms with Crippen LogP contribution >= 0.6 is 0 Å². The van der Waals surface area contributed by atoms with Gasteiger partial charge in [-0.2, -0.15) is 0 Å². The van der Waals surface area contributed by atoms with E-state index >= 15 is 0 Å². The number of nitrogens with two attached hydrogens (primary N) is 2. The number of carboxylic acid groups (broad SMARTS) is 1. The Labute approximate surface area is 106 Å². The highest BCUT2D eigenvalue weighted by Crippen LogP contribution is 2.25. The summed E-state index contributed by atoms with van der Waals surface area (Å²) < 4.78 is 0. The van der Waals surface area contributed by atoms with Crippen molar-refractivity contribution in [3.05, 3.63) is 0 Å². The van der Waals surface area contributed by atoms with Crippen molar-refractivity contribution in [2.75, 3.05) is 6.54 Å².